The van der Waals surface area contributed by atoms with Crippen molar-refractivity contribution in [3.63, 3.8) is 0 Å². The van der Waals surface area contributed by atoms with Crippen molar-refractivity contribution in [3.8, 4) is 0 Å². The summed E-state index contributed by atoms with van der Waals surface area (Å²) in [6, 6.07) is 1.76. The van der Waals surface area contributed by atoms with Crippen molar-refractivity contribution in [2.24, 2.45) is 5.73 Å². The highest BCUT2D eigenvalue weighted by Gasteiger charge is 2.25. The number of carbonyl (C=O) groups is 3. The maximum Gasteiger partial charge on any atom is 0.340 e. The van der Waals surface area contributed by atoms with E-state index in [1.54, 1.807) is 6.07 Å². The number of thiophene rings is 1. The lowest BCUT2D eigenvalue weighted by Gasteiger charge is -2.11. The molecule has 0 bridgehead atoms. The first-order valence-electron chi connectivity index (χ1n) is 9.41. The monoisotopic (exact) mass is 403 g/mol. The Morgan fingerprint density at radius 2 is 1.96 bits per heavy atom. The molecule has 0 aliphatic heterocycles. The second-order valence-electron chi connectivity index (χ2n) is 6.93. The van der Waals surface area contributed by atoms with Crippen LogP contribution in [-0.4, -0.2) is 29.0 Å². The Morgan fingerprint density at radius 3 is 2.61 bits per heavy atom. The molecule has 1 aliphatic rings. The fourth-order valence-corrected chi connectivity index (χ4v) is 5.09. The number of nitrogens with one attached hydrogen (secondary N) is 1. The molecular weight excluding hydrogens is 378 g/mol. The number of nitrogens with zero attached hydrogens (tertiary/aromatic N) is 1. The number of esters is 1. The van der Waals surface area contributed by atoms with E-state index >= 15 is 0 Å². The topological polar surface area (TPSA) is 103 Å². The lowest BCUT2D eigenvalue weighted by Crippen LogP contribution is -2.23. The van der Waals surface area contributed by atoms with Crippen LogP contribution in [0.5, 0.6) is 0 Å². The van der Waals surface area contributed by atoms with E-state index < -0.39 is 24.4 Å². The van der Waals surface area contributed by atoms with Crippen LogP contribution in [0.25, 0.3) is 0 Å². The van der Waals surface area contributed by atoms with Crippen molar-refractivity contribution in [2.45, 2.75) is 53.0 Å². The Balaban J connectivity index is 1.67. The number of carbonyl (C=O) groups excluding carboxylic acids is 3. The van der Waals surface area contributed by atoms with E-state index in [9.17, 15) is 14.4 Å². The summed E-state index contributed by atoms with van der Waals surface area (Å²) in [4.78, 5) is 37.6. The zero-order chi connectivity index (χ0) is 20.4. The van der Waals surface area contributed by atoms with E-state index in [0.29, 0.717) is 16.1 Å². The smallest absolute Gasteiger partial charge is 0.340 e. The van der Waals surface area contributed by atoms with Crippen molar-refractivity contribution in [1.82, 2.24) is 4.57 Å². The maximum absolute atomic E-state index is 12.4. The fraction of sp³-hybridized carbons (Fsp3) is 0.450. The molecule has 28 heavy (non-hydrogen) atoms. The summed E-state index contributed by atoms with van der Waals surface area (Å²) in [6.07, 6.45) is 3.75. The highest BCUT2D eigenvalue weighted by molar-refractivity contribution is 7.17. The van der Waals surface area contributed by atoms with E-state index in [0.717, 1.165) is 54.1 Å². The van der Waals surface area contributed by atoms with Crippen LogP contribution in [0.4, 0.5) is 5.00 Å². The van der Waals surface area contributed by atoms with Crippen molar-refractivity contribution >= 4 is 34.1 Å². The molecule has 3 N–H and O–H groups in total. The van der Waals surface area contributed by atoms with Gasteiger partial charge in [-0.1, -0.05) is 0 Å². The normalized spacial score (nSPS) is 13.1. The van der Waals surface area contributed by atoms with Crippen molar-refractivity contribution in [1.29, 1.82) is 0 Å². The van der Waals surface area contributed by atoms with Gasteiger partial charge in [-0.25, -0.2) is 4.79 Å². The number of fused-ring (bicyclic) bond motifs is 1. The first-order valence-corrected chi connectivity index (χ1v) is 10.2. The molecule has 0 spiro atoms. The van der Waals surface area contributed by atoms with E-state index in [4.69, 9.17) is 10.5 Å². The summed E-state index contributed by atoms with van der Waals surface area (Å²) >= 11 is 1.38. The Bertz CT molecular complexity index is 942. The molecule has 2 aromatic heterocycles. The van der Waals surface area contributed by atoms with Crippen LogP contribution in [-0.2, 0) is 28.9 Å². The highest BCUT2D eigenvalue weighted by Crippen LogP contribution is 2.37. The lowest BCUT2D eigenvalue weighted by atomic mass is 9.95. The number of nitrogens with two attached hydrogens (primary N) is 1. The third-order valence-corrected chi connectivity index (χ3v) is 6.32. The summed E-state index contributed by atoms with van der Waals surface area (Å²) in [5.74, 6) is -1.57. The molecule has 0 saturated carbocycles. The van der Waals surface area contributed by atoms with Gasteiger partial charge in [0.15, 0.2) is 6.61 Å². The molecule has 7 nitrogen and oxygen atoms in total. The zero-order valence-corrected chi connectivity index (χ0v) is 17.2. The molecule has 1 aliphatic carbocycles. The van der Waals surface area contributed by atoms with Gasteiger partial charge in [-0.05, 0) is 58.1 Å². The predicted molar refractivity (Wildman–Crippen MR) is 108 cm³/mol. The van der Waals surface area contributed by atoms with E-state index in [1.807, 2.05) is 25.3 Å². The molecule has 8 heteroatoms. The fourth-order valence-electron chi connectivity index (χ4n) is 3.78. The van der Waals surface area contributed by atoms with Crippen LogP contribution in [0.1, 0.15) is 62.3 Å². The minimum Gasteiger partial charge on any atom is -0.452 e. The van der Waals surface area contributed by atoms with Gasteiger partial charge >= 0.3 is 5.97 Å². The second-order valence-corrected chi connectivity index (χ2v) is 8.04. The quantitative estimate of drug-likeness (QED) is 0.724. The summed E-state index contributed by atoms with van der Waals surface area (Å²) in [5, 5.41) is 3.14. The number of amides is 2. The standard InChI is InChI=1S/C20H25N3O4S/c1-4-23-11(2)9-14(12(23)3)20(26)27-10-16(24)22-19-17(18(21)25)13-7-5-6-8-15(13)28-19/h9H,4-8,10H2,1-3H3,(H2,21,25)(H,22,24). The number of aromatic nitrogens is 1. The van der Waals surface area contributed by atoms with Crippen molar-refractivity contribution < 1.29 is 19.1 Å². The van der Waals surface area contributed by atoms with Crippen molar-refractivity contribution in [2.75, 3.05) is 11.9 Å². The molecule has 0 fully saturated rings. The molecular formula is C20H25N3O4S. The molecule has 150 valence electrons. The second kappa shape index (κ2) is 8.18. The molecule has 0 unspecified atom stereocenters. The van der Waals surface area contributed by atoms with Crippen LogP contribution in [0.15, 0.2) is 6.07 Å². The number of primary amides is 1. The summed E-state index contributed by atoms with van der Waals surface area (Å²) in [6.45, 7) is 6.10. The Morgan fingerprint density at radius 1 is 1.25 bits per heavy atom. The molecule has 0 aromatic carbocycles. The first-order chi connectivity index (χ1) is 13.3. The van der Waals surface area contributed by atoms with Crippen LogP contribution in [0.2, 0.25) is 0 Å². The van der Waals surface area contributed by atoms with Crippen molar-refractivity contribution in [3.05, 3.63) is 39.0 Å². The predicted octanol–water partition coefficient (Wildman–Crippen LogP) is 2.96. The number of hydrogen-bond donors (Lipinski definition) is 2. The minimum atomic E-state index is -0.543. The molecule has 0 saturated heterocycles. The molecule has 2 heterocycles. The van der Waals surface area contributed by atoms with Gasteiger partial charge in [0, 0.05) is 22.8 Å². The van der Waals surface area contributed by atoms with Crippen LogP contribution in [0, 0.1) is 13.8 Å². The molecule has 0 atom stereocenters. The van der Waals surface area contributed by atoms with Crippen LogP contribution in [0.3, 0.4) is 0 Å². The van der Waals surface area contributed by atoms with E-state index in [1.165, 1.54) is 11.3 Å². The highest BCUT2D eigenvalue weighted by atomic mass is 32.1. The van der Waals surface area contributed by atoms with Gasteiger partial charge in [0.2, 0.25) is 0 Å². The number of hydrogen-bond acceptors (Lipinski definition) is 5. The molecule has 2 amide bonds. The number of anilines is 1. The van der Waals surface area contributed by atoms with Gasteiger partial charge in [0.25, 0.3) is 11.8 Å². The van der Waals surface area contributed by atoms with Gasteiger partial charge in [0.1, 0.15) is 5.00 Å². The average molecular weight is 404 g/mol. The lowest BCUT2D eigenvalue weighted by molar-refractivity contribution is -0.119. The summed E-state index contributed by atoms with van der Waals surface area (Å²) < 4.78 is 7.19. The number of ether oxygens (including phenoxy) is 1. The first kappa shape index (κ1) is 20.1. The van der Waals surface area contributed by atoms with Gasteiger partial charge < -0.3 is 20.4 Å². The third-order valence-electron chi connectivity index (χ3n) is 5.11. The van der Waals surface area contributed by atoms with E-state index in [2.05, 4.69) is 5.32 Å². The van der Waals surface area contributed by atoms with Gasteiger partial charge in [0.05, 0.1) is 11.1 Å². The summed E-state index contributed by atoms with van der Waals surface area (Å²) in [5.41, 5.74) is 9.11. The third kappa shape index (κ3) is 3.82. The van der Waals surface area contributed by atoms with Crippen LogP contribution >= 0.6 is 11.3 Å². The molecule has 0 radical (unpaired) electrons. The Hall–Kier alpha value is -2.61. The molecule has 3 rings (SSSR count). The minimum absolute atomic E-state index is 0.394. The Labute approximate surface area is 167 Å². The van der Waals surface area contributed by atoms with E-state index in [-0.39, 0.29) is 0 Å². The van der Waals surface area contributed by atoms with Gasteiger partial charge in [-0.3, -0.25) is 9.59 Å². The van der Waals surface area contributed by atoms with Crippen LogP contribution < -0.4 is 11.1 Å². The average Bonchev–Trinajstić information content (AvgIpc) is 3.16. The largest absolute Gasteiger partial charge is 0.452 e. The van der Waals surface area contributed by atoms with Gasteiger partial charge in [-0.15, -0.1) is 11.3 Å². The summed E-state index contributed by atoms with van der Waals surface area (Å²) in [7, 11) is 0. The SMILES string of the molecule is CCn1c(C)cc(C(=O)OCC(=O)Nc2sc3c(c2C(N)=O)CCCC3)c1C. The molecule has 2 aromatic rings. The van der Waals surface area contributed by atoms with Gasteiger partial charge in [-0.2, -0.15) is 0 Å². The Kier molecular flexibility index (Phi) is 5.88. The zero-order valence-electron chi connectivity index (χ0n) is 16.4. The maximum atomic E-state index is 12.4. The number of aryl methyl sites for hydroxylation is 2. The number of rotatable bonds is 6.